The summed E-state index contributed by atoms with van der Waals surface area (Å²) in [5.41, 5.74) is 1.09. The predicted octanol–water partition coefficient (Wildman–Crippen LogP) is 2.70. The number of aromatic nitrogens is 1. The van der Waals surface area contributed by atoms with Crippen LogP contribution in [-0.4, -0.2) is 29.1 Å². The normalized spacial score (nSPS) is 29.7. The molecule has 4 aliphatic rings. The zero-order valence-corrected chi connectivity index (χ0v) is 16.3. The summed E-state index contributed by atoms with van der Waals surface area (Å²) in [6.07, 6.45) is 7.79. The van der Waals surface area contributed by atoms with E-state index >= 15 is 0 Å². The summed E-state index contributed by atoms with van der Waals surface area (Å²) in [5, 5.41) is 6.26. The minimum atomic E-state index is -0.665. The Hall–Kier alpha value is -2.89. The zero-order valence-electron chi connectivity index (χ0n) is 16.3. The largest absolute Gasteiger partial charge is 0.467 e. The molecule has 2 N–H and O–H groups in total. The molecule has 0 radical (unpaired) electrons. The predicted molar refractivity (Wildman–Crippen MR) is 107 cm³/mol. The van der Waals surface area contributed by atoms with Gasteiger partial charge in [0.2, 0.25) is 5.91 Å². The van der Waals surface area contributed by atoms with E-state index in [4.69, 9.17) is 4.74 Å². The van der Waals surface area contributed by atoms with Crippen molar-refractivity contribution in [1.29, 1.82) is 0 Å². The highest BCUT2D eigenvalue weighted by Gasteiger charge is 2.57. The van der Waals surface area contributed by atoms with Crippen molar-refractivity contribution in [3.8, 4) is 5.75 Å². The van der Waals surface area contributed by atoms with Crippen molar-refractivity contribution in [2.75, 3.05) is 6.54 Å². The van der Waals surface area contributed by atoms with Crippen LogP contribution < -0.4 is 15.4 Å². The van der Waals surface area contributed by atoms with Crippen molar-refractivity contribution in [3.63, 3.8) is 0 Å². The summed E-state index contributed by atoms with van der Waals surface area (Å²) in [6, 6.07) is 11.3. The fraction of sp³-hybridized carbons (Fsp3) is 0.435. The van der Waals surface area contributed by atoms with E-state index in [1.165, 1.54) is 5.56 Å². The average Bonchev–Trinajstić information content (AvgIpc) is 2.75. The molecule has 2 aromatic rings. The van der Waals surface area contributed by atoms with Gasteiger partial charge < -0.3 is 15.4 Å². The van der Waals surface area contributed by atoms with Crippen LogP contribution in [0.25, 0.3) is 0 Å². The molecular formula is C23H25N3O3. The molecule has 150 valence electrons. The maximum Gasteiger partial charge on any atom is 0.258 e. The van der Waals surface area contributed by atoms with Crippen LogP contribution in [0.5, 0.6) is 5.75 Å². The third-order valence-electron chi connectivity index (χ3n) is 6.77. The molecule has 2 bridgehead atoms. The van der Waals surface area contributed by atoms with E-state index in [1.54, 1.807) is 18.5 Å². The molecule has 3 aliphatic carbocycles. The van der Waals surface area contributed by atoms with Gasteiger partial charge in [0.05, 0.1) is 5.56 Å². The fourth-order valence-electron chi connectivity index (χ4n) is 5.29. The topological polar surface area (TPSA) is 80.3 Å². The first-order valence-electron chi connectivity index (χ1n) is 10.4. The third kappa shape index (κ3) is 3.26. The zero-order chi connectivity index (χ0) is 19.8. The van der Waals surface area contributed by atoms with Crippen LogP contribution in [0.15, 0.2) is 48.8 Å². The van der Waals surface area contributed by atoms with Crippen LogP contribution in [0.1, 0.15) is 41.6 Å². The smallest absolute Gasteiger partial charge is 0.258 e. The number of nitrogens with one attached hydrogen (secondary N) is 2. The lowest BCUT2D eigenvalue weighted by molar-refractivity contribution is -0.146. The maximum absolute atomic E-state index is 12.9. The molecule has 2 amide bonds. The van der Waals surface area contributed by atoms with Gasteiger partial charge in [-0.3, -0.25) is 14.6 Å². The molecule has 6 rings (SSSR count). The van der Waals surface area contributed by atoms with Crippen molar-refractivity contribution in [3.05, 3.63) is 59.9 Å². The minimum absolute atomic E-state index is 0.00510. The molecule has 0 saturated heterocycles. The molecule has 6 nitrogen and oxygen atoms in total. The number of amides is 2. The van der Waals surface area contributed by atoms with Gasteiger partial charge in [-0.15, -0.1) is 0 Å². The van der Waals surface area contributed by atoms with Gasteiger partial charge in [-0.25, -0.2) is 0 Å². The molecule has 29 heavy (non-hydrogen) atoms. The Balaban J connectivity index is 1.25. The number of fused-ring (bicyclic) bond motifs is 3. The van der Waals surface area contributed by atoms with Crippen LogP contribution in [0, 0.1) is 17.8 Å². The second-order valence-electron chi connectivity index (χ2n) is 8.42. The first kappa shape index (κ1) is 18.2. The number of benzene rings is 1. The average molecular weight is 391 g/mol. The number of pyridine rings is 1. The Morgan fingerprint density at radius 2 is 2.03 bits per heavy atom. The third-order valence-corrected chi connectivity index (χ3v) is 6.77. The first-order chi connectivity index (χ1) is 14.1. The quantitative estimate of drug-likeness (QED) is 0.840. The van der Waals surface area contributed by atoms with Crippen LogP contribution in [-0.2, 0) is 11.2 Å². The summed E-state index contributed by atoms with van der Waals surface area (Å²) >= 11 is 0. The van der Waals surface area contributed by atoms with Gasteiger partial charge in [-0.05, 0) is 61.4 Å². The number of carbonyl (C=O) groups is 2. The number of hydrogen-bond donors (Lipinski definition) is 2. The number of hydrogen-bond acceptors (Lipinski definition) is 4. The monoisotopic (exact) mass is 391 g/mol. The molecule has 1 aromatic carbocycles. The molecule has 3 saturated carbocycles. The number of para-hydroxylation sites is 1. The molecule has 6 heteroatoms. The van der Waals surface area contributed by atoms with Gasteiger partial charge >= 0.3 is 0 Å². The number of nitrogens with zero attached hydrogens (tertiary/aromatic N) is 1. The first-order valence-corrected chi connectivity index (χ1v) is 10.4. The Bertz CT molecular complexity index is 932. The SMILES string of the molecule is O=C1N[C@]2(C[C@H]3CC[C@H]2C[C@H]3C(=O)NCCc2ccncc2)Oc2ccccc21. The van der Waals surface area contributed by atoms with E-state index < -0.39 is 5.72 Å². The van der Waals surface area contributed by atoms with E-state index in [9.17, 15) is 9.59 Å². The van der Waals surface area contributed by atoms with Gasteiger partial charge in [0.25, 0.3) is 5.91 Å². The van der Waals surface area contributed by atoms with Crippen LogP contribution in [0.4, 0.5) is 0 Å². The fourth-order valence-corrected chi connectivity index (χ4v) is 5.29. The molecule has 1 spiro atoms. The van der Waals surface area contributed by atoms with E-state index in [0.29, 0.717) is 24.3 Å². The molecule has 2 heterocycles. The Labute approximate surface area is 170 Å². The Kier molecular flexibility index (Phi) is 4.49. The highest BCUT2D eigenvalue weighted by molar-refractivity contribution is 5.98. The number of rotatable bonds is 4. The second-order valence-corrected chi connectivity index (χ2v) is 8.42. The Morgan fingerprint density at radius 3 is 2.83 bits per heavy atom. The van der Waals surface area contributed by atoms with E-state index in [1.807, 2.05) is 30.3 Å². The minimum Gasteiger partial charge on any atom is -0.467 e. The summed E-state index contributed by atoms with van der Waals surface area (Å²) in [7, 11) is 0. The van der Waals surface area contributed by atoms with Gasteiger partial charge in [0.1, 0.15) is 5.75 Å². The van der Waals surface area contributed by atoms with E-state index in [2.05, 4.69) is 15.6 Å². The van der Waals surface area contributed by atoms with Crippen LogP contribution in [0.2, 0.25) is 0 Å². The highest BCUT2D eigenvalue weighted by atomic mass is 16.5. The van der Waals surface area contributed by atoms with Crippen molar-refractivity contribution in [1.82, 2.24) is 15.6 Å². The molecule has 1 aromatic heterocycles. The number of carbonyl (C=O) groups excluding carboxylic acids is 2. The van der Waals surface area contributed by atoms with Crippen LogP contribution in [0.3, 0.4) is 0 Å². The van der Waals surface area contributed by atoms with Gasteiger partial charge in [-0.1, -0.05) is 12.1 Å². The summed E-state index contributed by atoms with van der Waals surface area (Å²) in [6.45, 7) is 0.627. The van der Waals surface area contributed by atoms with Gasteiger partial charge in [0.15, 0.2) is 5.72 Å². The van der Waals surface area contributed by atoms with E-state index in [0.717, 1.165) is 25.7 Å². The van der Waals surface area contributed by atoms with Gasteiger partial charge in [-0.2, -0.15) is 0 Å². The standard InChI is InChI=1S/C23H25N3O3/c27-21(25-12-9-15-7-10-24-11-8-15)19-13-17-6-5-16(19)14-23(17)26-22(28)18-3-1-2-4-20(18)29-23/h1-4,7-8,10-11,16-17,19H,5-6,9,12-14H2,(H,25,27)(H,26,28)/t16-,17+,19-,23-/m1/s1. The lowest BCUT2D eigenvalue weighted by atomic mass is 9.60. The number of ether oxygens (including phenoxy) is 1. The lowest BCUT2D eigenvalue weighted by Gasteiger charge is -2.55. The lowest BCUT2D eigenvalue weighted by Crippen LogP contribution is -2.66. The van der Waals surface area contributed by atoms with E-state index in [-0.39, 0.29) is 29.6 Å². The van der Waals surface area contributed by atoms with Crippen molar-refractivity contribution in [2.24, 2.45) is 17.8 Å². The Morgan fingerprint density at radius 1 is 1.21 bits per heavy atom. The maximum atomic E-state index is 12.9. The summed E-state index contributed by atoms with van der Waals surface area (Å²) < 4.78 is 6.36. The highest BCUT2D eigenvalue weighted by Crippen LogP contribution is 2.52. The molecule has 1 aliphatic heterocycles. The molecule has 0 unspecified atom stereocenters. The van der Waals surface area contributed by atoms with Crippen molar-refractivity contribution >= 4 is 11.8 Å². The molecule has 3 fully saturated rings. The summed E-state index contributed by atoms with van der Waals surface area (Å²) in [4.78, 5) is 29.5. The molecular weight excluding hydrogens is 366 g/mol. The molecule has 4 atom stereocenters. The van der Waals surface area contributed by atoms with Crippen LogP contribution >= 0.6 is 0 Å². The second kappa shape index (κ2) is 7.17. The van der Waals surface area contributed by atoms with Crippen molar-refractivity contribution in [2.45, 2.75) is 37.8 Å². The van der Waals surface area contributed by atoms with Crippen molar-refractivity contribution < 1.29 is 14.3 Å². The summed E-state index contributed by atoms with van der Waals surface area (Å²) in [5.74, 6) is 1.09. The van der Waals surface area contributed by atoms with Gasteiger partial charge in [0, 0.05) is 37.2 Å².